The molecule has 6 nitrogen and oxygen atoms in total. The normalized spacial score (nSPS) is 16.7. The number of benzene rings is 1. The van der Waals surface area contributed by atoms with E-state index in [0.717, 1.165) is 19.6 Å². The summed E-state index contributed by atoms with van der Waals surface area (Å²) in [7, 11) is 0. The molecular weight excluding hydrogens is 294 g/mol. The molecule has 0 bridgehead atoms. The second kappa shape index (κ2) is 8.62. The Balaban J connectivity index is 1.77. The molecule has 0 spiro atoms. The topological polar surface area (TPSA) is 75.5 Å². The third-order valence-electron chi connectivity index (χ3n) is 4.21. The number of nitro groups is 1. The average molecular weight is 319 g/mol. The fourth-order valence-corrected chi connectivity index (χ4v) is 3.01. The number of piperidine rings is 1. The number of nitrogens with one attached hydrogen (secondary N) is 1. The third kappa shape index (κ3) is 5.63. The lowest BCUT2D eigenvalue weighted by molar-refractivity contribution is -0.385. The lowest BCUT2D eigenvalue weighted by Gasteiger charge is -2.29. The lowest BCUT2D eigenvalue weighted by Crippen LogP contribution is -2.38. The van der Waals surface area contributed by atoms with Crippen LogP contribution < -0.4 is 5.32 Å². The summed E-state index contributed by atoms with van der Waals surface area (Å²) in [5.41, 5.74) is 0.461. The molecule has 1 aromatic rings. The Morgan fingerprint density at radius 3 is 2.70 bits per heavy atom. The summed E-state index contributed by atoms with van der Waals surface area (Å²) in [6.45, 7) is 6.02. The number of nitro benzene ring substituents is 1. The van der Waals surface area contributed by atoms with Gasteiger partial charge in [-0.05, 0) is 31.8 Å². The summed E-state index contributed by atoms with van der Waals surface area (Å²) in [5, 5.41) is 13.9. The van der Waals surface area contributed by atoms with Crippen LogP contribution in [0.5, 0.6) is 0 Å². The summed E-state index contributed by atoms with van der Waals surface area (Å²) in [6, 6.07) is 6.39. The van der Waals surface area contributed by atoms with Crippen LogP contribution in [0.3, 0.4) is 0 Å². The number of carbonyl (C=O) groups excluding carboxylic acids is 1. The minimum absolute atomic E-state index is 0.00372. The Bertz CT molecular complexity index is 542. The van der Waals surface area contributed by atoms with Gasteiger partial charge in [-0.25, -0.2) is 0 Å². The van der Waals surface area contributed by atoms with E-state index < -0.39 is 4.92 Å². The van der Waals surface area contributed by atoms with Gasteiger partial charge in [0.2, 0.25) is 5.91 Å². The summed E-state index contributed by atoms with van der Waals surface area (Å²) < 4.78 is 0. The van der Waals surface area contributed by atoms with E-state index in [1.807, 2.05) is 0 Å². The van der Waals surface area contributed by atoms with Gasteiger partial charge < -0.3 is 10.2 Å². The average Bonchev–Trinajstić information content (AvgIpc) is 2.54. The first-order valence-electron chi connectivity index (χ1n) is 8.27. The summed E-state index contributed by atoms with van der Waals surface area (Å²) in [4.78, 5) is 25.0. The molecule has 1 atom stereocenters. The summed E-state index contributed by atoms with van der Waals surface area (Å²) in [6.07, 6.45) is 3.89. The maximum Gasteiger partial charge on any atom is 0.273 e. The Morgan fingerprint density at radius 2 is 2.00 bits per heavy atom. The highest BCUT2D eigenvalue weighted by Gasteiger charge is 2.17. The molecule has 2 rings (SSSR count). The first-order valence-corrected chi connectivity index (χ1v) is 8.27. The van der Waals surface area contributed by atoms with Crippen LogP contribution in [0.25, 0.3) is 0 Å². The number of hydrogen-bond donors (Lipinski definition) is 1. The number of amides is 1. The molecule has 6 heteroatoms. The molecule has 1 saturated heterocycles. The molecule has 23 heavy (non-hydrogen) atoms. The quantitative estimate of drug-likeness (QED) is 0.618. The Kier molecular flexibility index (Phi) is 6.52. The van der Waals surface area contributed by atoms with Crippen molar-refractivity contribution >= 4 is 11.6 Å². The van der Waals surface area contributed by atoms with Crippen LogP contribution in [0, 0.1) is 16.0 Å². The van der Waals surface area contributed by atoms with Crippen LogP contribution in [0.4, 0.5) is 5.69 Å². The number of rotatable bonds is 7. The predicted octanol–water partition coefficient (Wildman–Crippen LogP) is 2.38. The predicted molar refractivity (Wildman–Crippen MR) is 89.3 cm³/mol. The highest BCUT2D eigenvalue weighted by atomic mass is 16.6. The molecule has 1 amide bonds. The maximum atomic E-state index is 12.0. The van der Waals surface area contributed by atoms with Gasteiger partial charge >= 0.3 is 0 Å². The van der Waals surface area contributed by atoms with Crippen LogP contribution in [0.1, 0.15) is 31.7 Å². The van der Waals surface area contributed by atoms with Crippen LogP contribution in [-0.4, -0.2) is 41.9 Å². The highest BCUT2D eigenvalue weighted by molar-refractivity contribution is 5.79. The summed E-state index contributed by atoms with van der Waals surface area (Å²) in [5.74, 6) is 0.215. The van der Waals surface area contributed by atoms with Crippen molar-refractivity contribution in [3.63, 3.8) is 0 Å². The Labute approximate surface area is 137 Å². The van der Waals surface area contributed by atoms with Crippen LogP contribution in [-0.2, 0) is 11.2 Å². The van der Waals surface area contributed by atoms with E-state index in [0.29, 0.717) is 18.0 Å². The monoisotopic (exact) mass is 319 g/mol. The van der Waals surface area contributed by atoms with Gasteiger partial charge in [0.05, 0.1) is 11.3 Å². The molecule has 1 aliphatic heterocycles. The Hall–Kier alpha value is -1.95. The second-order valence-electron chi connectivity index (χ2n) is 6.33. The molecule has 1 aromatic carbocycles. The van der Waals surface area contributed by atoms with Crippen molar-refractivity contribution in [3.8, 4) is 0 Å². The van der Waals surface area contributed by atoms with Gasteiger partial charge in [-0.1, -0.05) is 31.5 Å². The smallest absolute Gasteiger partial charge is 0.273 e. The van der Waals surface area contributed by atoms with E-state index in [4.69, 9.17) is 0 Å². The fourth-order valence-electron chi connectivity index (χ4n) is 3.01. The lowest BCUT2D eigenvalue weighted by atomic mass is 10.1. The fraction of sp³-hybridized carbons (Fsp3) is 0.588. The van der Waals surface area contributed by atoms with Crippen LogP contribution >= 0.6 is 0 Å². The first-order chi connectivity index (χ1) is 11.1. The van der Waals surface area contributed by atoms with Crippen molar-refractivity contribution in [3.05, 3.63) is 39.9 Å². The molecule has 1 unspecified atom stereocenters. The SMILES string of the molecule is CC(CNC(=O)Cc1ccccc1[N+](=O)[O-])CN1CCCCC1. The van der Waals surface area contributed by atoms with E-state index >= 15 is 0 Å². The van der Waals surface area contributed by atoms with E-state index in [1.165, 1.54) is 25.3 Å². The molecule has 1 aliphatic rings. The van der Waals surface area contributed by atoms with Gasteiger partial charge in [-0.15, -0.1) is 0 Å². The number of likely N-dealkylation sites (tertiary alicyclic amines) is 1. The molecule has 0 radical (unpaired) electrons. The van der Waals surface area contributed by atoms with Crippen molar-refractivity contribution in [2.24, 2.45) is 5.92 Å². The van der Waals surface area contributed by atoms with Crippen molar-refractivity contribution in [2.75, 3.05) is 26.2 Å². The van der Waals surface area contributed by atoms with Gasteiger partial charge in [0.15, 0.2) is 0 Å². The van der Waals surface area contributed by atoms with Crippen LogP contribution in [0.2, 0.25) is 0 Å². The van der Waals surface area contributed by atoms with Crippen molar-refractivity contribution in [1.29, 1.82) is 0 Å². The highest BCUT2D eigenvalue weighted by Crippen LogP contribution is 2.18. The first kappa shape index (κ1) is 17.4. The van der Waals surface area contributed by atoms with E-state index in [1.54, 1.807) is 18.2 Å². The molecule has 126 valence electrons. The zero-order valence-electron chi connectivity index (χ0n) is 13.7. The molecule has 1 heterocycles. The van der Waals surface area contributed by atoms with Gasteiger partial charge in [-0.3, -0.25) is 14.9 Å². The molecule has 1 fully saturated rings. The second-order valence-corrected chi connectivity index (χ2v) is 6.33. The van der Waals surface area contributed by atoms with Gasteiger partial charge in [0, 0.05) is 24.7 Å². The Morgan fingerprint density at radius 1 is 1.30 bits per heavy atom. The summed E-state index contributed by atoms with van der Waals surface area (Å²) >= 11 is 0. The van der Waals surface area contributed by atoms with E-state index in [9.17, 15) is 14.9 Å². The number of para-hydroxylation sites is 1. The molecule has 0 aromatic heterocycles. The number of hydrogen-bond acceptors (Lipinski definition) is 4. The minimum atomic E-state index is -0.443. The molecular formula is C17H25N3O3. The zero-order chi connectivity index (χ0) is 16.7. The van der Waals surface area contributed by atoms with Crippen molar-refractivity contribution in [2.45, 2.75) is 32.6 Å². The van der Waals surface area contributed by atoms with Gasteiger partial charge in [-0.2, -0.15) is 0 Å². The molecule has 1 N–H and O–H groups in total. The minimum Gasteiger partial charge on any atom is -0.355 e. The van der Waals surface area contributed by atoms with Crippen molar-refractivity contribution in [1.82, 2.24) is 10.2 Å². The van der Waals surface area contributed by atoms with Crippen molar-refractivity contribution < 1.29 is 9.72 Å². The number of nitrogens with zero attached hydrogens (tertiary/aromatic N) is 2. The van der Waals surface area contributed by atoms with Crippen LogP contribution in [0.15, 0.2) is 24.3 Å². The van der Waals surface area contributed by atoms with E-state index in [-0.39, 0.29) is 18.0 Å². The van der Waals surface area contributed by atoms with E-state index in [2.05, 4.69) is 17.1 Å². The maximum absolute atomic E-state index is 12.0. The molecule has 0 aliphatic carbocycles. The molecule has 0 saturated carbocycles. The third-order valence-corrected chi connectivity index (χ3v) is 4.21. The number of carbonyl (C=O) groups is 1. The van der Waals surface area contributed by atoms with Gasteiger partial charge in [0.1, 0.15) is 0 Å². The van der Waals surface area contributed by atoms with Gasteiger partial charge in [0.25, 0.3) is 5.69 Å². The standard InChI is InChI=1S/C17H25N3O3/c1-14(13-19-9-5-2-6-10-19)12-18-17(21)11-15-7-3-4-8-16(15)20(22)23/h3-4,7-8,14H,2,5-6,9-13H2,1H3,(H,18,21). The zero-order valence-corrected chi connectivity index (χ0v) is 13.7. The largest absolute Gasteiger partial charge is 0.355 e.